The summed E-state index contributed by atoms with van der Waals surface area (Å²) in [4.78, 5) is 11.4. The van der Waals surface area contributed by atoms with E-state index in [1.54, 1.807) is 12.1 Å². The topological polar surface area (TPSA) is 74.2 Å². The second-order valence-electron chi connectivity index (χ2n) is 8.96. The molecule has 1 N–H and O–H groups in total. The van der Waals surface area contributed by atoms with Crippen molar-refractivity contribution in [2.45, 2.75) is 58.3 Å². The number of ether oxygens (including phenoxy) is 4. The molecule has 2 atom stereocenters. The molecule has 0 saturated carbocycles. The Balaban J connectivity index is 2.12. The maximum Gasteiger partial charge on any atom is 0.303 e. The zero-order chi connectivity index (χ0) is 26.2. The van der Waals surface area contributed by atoms with Crippen molar-refractivity contribution in [2.75, 3.05) is 25.7 Å². The van der Waals surface area contributed by atoms with Crippen LogP contribution in [-0.2, 0) is 19.7 Å². The van der Waals surface area contributed by atoms with Crippen molar-refractivity contribution < 1.29 is 28.8 Å². The fraction of sp³-hybridized carbons (Fsp3) is 0.500. The predicted molar refractivity (Wildman–Crippen MR) is 139 cm³/mol. The number of aliphatic hydroxyl groups excluding tert-OH is 1. The van der Waals surface area contributed by atoms with Gasteiger partial charge in [-0.25, -0.2) is 0 Å². The molecular formula is C26H33Cl3O6. The van der Waals surface area contributed by atoms with E-state index < -0.39 is 17.6 Å². The molecule has 2 aromatic rings. The van der Waals surface area contributed by atoms with Crippen molar-refractivity contribution >= 4 is 40.8 Å². The number of alkyl halides is 1. The molecule has 6 nitrogen and oxygen atoms in total. The fourth-order valence-electron chi connectivity index (χ4n) is 3.26. The van der Waals surface area contributed by atoms with Gasteiger partial charge in [0.25, 0.3) is 0 Å². The van der Waals surface area contributed by atoms with Gasteiger partial charge in [-0.1, -0.05) is 49.2 Å². The number of esters is 1. The zero-order valence-corrected chi connectivity index (χ0v) is 22.9. The van der Waals surface area contributed by atoms with Crippen LogP contribution in [-0.4, -0.2) is 55.1 Å². The summed E-state index contributed by atoms with van der Waals surface area (Å²) in [5, 5.41) is 10.3. The number of benzene rings is 2. The number of rotatable bonds is 13. The van der Waals surface area contributed by atoms with Gasteiger partial charge in [-0.15, -0.1) is 11.6 Å². The van der Waals surface area contributed by atoms with E-state index in [9.17, 15) is 9.90 Å². The van der Waals surface area contributed by atoms with Crippen molar-refractivity contribution in [1.82, 2.24) is 0 Å². The molecule has 0 aliphatic heterocycles. The lowest BCUT2D eigenvalue weighted by atomic mass is 9.78. The summed E-state index contributed by atoms with van der Waals surface area (Å²) in [5.74, 6) is 0.622. The highest BCUT2D eigenvalue weighted by Gasteiger charge is 2.26. The highest BCUT2D eigenvalue weighted by atomic mass is 35.5. The molecule has 0 saturated heterocycles. The van der Waals surface area contributed by atoms with E-state index >= 15 is 0 Å². The number of hydrogen-bond acceptors (Lipinski definition) is 6. The van der Waals surface area contributed by atoms with Crippen LogP contribution in [0.25, 0.3) is 0 Å². The highest BCUT2D eigenvalue weighted by molar-refractivity contribution is 6.37. The van der Waals surface area contributed by atoms with Gasteiger partial charge in [0.2, 0.25) is 0 Å². The second-order valence-corrected chi connectivity index (χ2v) is 10.1. The standard InChI is InChI=1S/C26H33Cl3O6/c1-16(2)32-14-22(35-17(3)30)15-33-21-8-6-18(7-9-21)26(4,5)19-10-23(28)25(24(29)11-19)34-13-20(31)12-27/h6-11,16,20,22,31H,12-15H2,1-5H3/t20-,22-/m1/s1. The van der Waals surface area contributed by atoms with E-state index in [0.717, 1.165) is 11.1 Å². The number of carbonyl (C=O) groups is 1. The Hall–Kier alpha value is -1.70. The van der Waals surface area contributed by atoms with Crippen LogP contribution in [0.1, 0.15) is 45.7 Å². The molecular weight excluding hydrogens is 515 g/mol. The molecule has 0 heterocycles. The van der Waals surface area contributed by atoms with Crippen LogP contribution < -0.4 is 9.47 Å². The number of hydrogen-bond donors (Lipinski definition) is 1. The van der Waals surface area contributed by atoms with Gasteiger partial charge in [0.1, 0.15) is 25.1 Å². The van der Waals surface area contributed by atoms with Crippen LogP contribution in [0.2, 0.25) is 10.0 Å². The summed E-state index contributed by atoms with van der Waals surface area (Å²) in [6.07, 6.45) is -1.29. The minimum absolute atomic E-state index is 0.00491. The normalized spacial score (nSPS) is 13.4. The summed E-state index contributed by atoms with van der Waals surface area (Å²) in [5.41, 5.74) is 1.49. The van der Waals surface area contributed by atoms with Crippen LogP contribution >= 0.6 is 34.8 Å². The van der Waals surface area contributed by atoms with Crippen molar-refractivity contribution in [3.05, 3.63) is 57.6 Å². The largest absolute Gasteiger partial charge is 0.490 e. The maximum atomic E-state index is 11.4. The van der Waals surface area contributed by atoms with Crippen LogP contribution in [0.5, 0.6) is 11.5 Å². The third-order valence-electron chi connectivity index (χ3n) is 5.28. The Kier molecular flexibility index (Phi) is 11.4. The first-order valence-electron chi connectivity index (χ1n) is 11.3. The molecule has 2 aromatic carbocycles. The third kappa shape index (κ3) is 9.03. The van der Waals surface area contributed by atoms with Gasteiger partial charge < -0.3 is 24.1 Å². The Morgan fingerprint density at radius 1 is 0.971 bits per heavy atom. The molecule has 0 bridgehead atoms. The Morgan fingerprint density at radius 3 is 2.09 bits per heavy atom. The van der Waals surface area contributed by atoms with E-state index in [4.69, 9.17) is 53.8 Å². The van der Waals surface area contributed by atoms with E-state index in [1.807, 2.05) is 38.1 Å². The van der Waals surface area contributed by atoms with E-state index in [2.05, 4.69) is 13.8 Å². The molecule has 9 heteroatoms. The lowest BCUT2D eigenvalue weighted by Crippen LogP contribution is -2.30. The van der Waals surface area contributed by atoms with Crippen LogP contribution in [0, 0.1) is 0 Å². The SMILES string of the molecule is CC(=O)O[C@@H](COc1ccc(C(C)(C)c2cc(Cl)c(OC[C@H](O)CCl)c(Cl)c2)cc1)COC(C)C. The highest BCUT2D eigenvalue weighted by Crippen LogP contribution is 2.40. The van der Waals surface area contributed by atoms with E-state index in [1.165, 1.54) is 6.92 Å². The minimum atomic E-state index is -0.812. The first-order chi connectivity index (χ1) is 16.4. The molecule has 0 unspecified atom stereocenters. The first kappa shape index (κ1) is 29.5. The van der Waals surface area contributed by atoms with Crippen molar-refractivity contribution in [2.24, 2.45) is 0 Å². The van der Waals surface area contributed by atoms with Gasteiger partial charge in [0.15, 0.2) is 11.9 Å². The van der Waals surface area contributed by atoms with Crippen molar-refractivity contribution in [3.63, 3.8) is 0 Å². The second kappa shape index (κ2) is 13.6. The molecule has 194 valence electrons. The van der Waals surface area contributed by atoms with Gasteiger partial charge in [0, 0.05) is 12.3 Å². The van der Waals surface area contributed by atoms with Crippen molar-refractivity contribution in [3.8, 4) is 11.5 Å². The molecule has 0 amide bonds. The van der Waals surface area contributed by atoms with Gasteiger partial charge in [-0.3, -0.25) is 4.79 Å². The maximum absolute atomic E-state index is 11.4. The molecule has 2 rings (SSSR count). The van der Waals surface area contributed by atoms with Crippen LogP contribution in [0.3, 0.4) is 0 Å². The Morgan fingerprint density at radius 2 is 1.57 bits per heavy atom. The summed E-state index contributed by atoms with van der Waals surface area (Å²) in [6, 6.07) is 11.3. The Labute approximate surface area is 222 Å². The number of carbonyl (C=O) groups excluding carboxylic acids is 1. The molecule has 0 aliphatic carbocycles. The average molecular weight is 548 g/mol. The summed E-state index contributed by atoms with van der Waals surface area (Å²) >= 11 is 18.5. The van der Waals surface area contributed by atoms with E-state index in [0.29, 0.717) is 21.5 Å². The quantitative estimate of drug-likeness (QED) is 0.244. The fourth-order valence-corrected chi connectivity index (χ4v) is 3.94. The van der Waals surface area contributed by atoms with Gasteiger partial charge in [-0.2, -0.15) is 0 Å². The molecule has 0 fully saturated rings. The van der Waals surface area contributed by atoms with Crippen LogP contribution in [0.4, 0.5) is 0 Å². The minimum Gasteiger partial charge on any atom is -0.490 e. The number of aliphatic hydroxyl groups is 1. The van der Waals surface area contributed by atoms with Gasteiger partial charge in [0.05, 0.1) is 28.6 Å². The molecule has 0 radical (unpaired) electrons. The Bertz CT molecular complexity index is 939. The number of halogens is 3. The van der Waals surface area contributed by atoms with Crippen LogP contribution in [0.15, 0.2) is 36.4 Å². The monoisotopic (exact) mass is 546 g/mol. The average Bonchev–Trinajstić information content (AvgIpc) is 2.79. The lowest BCUT2D eigenvalue weighted by Gasteiger charge is -2.27. The van der Waals surface area contributed by atoms with Gasteiger partial charge >= 0.3 is 5.97 Å². The summed E-state index contributed by atoms with van der Waals surface area (Å²) < 4.78 is 22.2. The zero-order valence-electron chi connectivity index (χ0n) is 20.6. The molecule has 0 aromatic heterocycles. The van der Waals surface area contributed by atoms with Gasteiger partial charge in [-0.05, 0) is 49.2 Å². The van der Waals surface area contributed by atoms with E-state index in [-0.39, 0.29) is 37.8 Å². The predicted octanol–water partition coefficient (Wildman–Crippen LogP) is 6.03. The first-order valence-corrected chi connectivity index (χ1v) is 12.6. The van der Waals surface area contributed by atoms with Crippen molar-refractivity contribution in [1.29, 1.82) is 0 Å². The molecule has 0 spiro atoms. The summed E-state index contributed by atoms with van der Waals surface area (Å²) in [6.45, 7) is 9.74. The molecule has 0 aliphatic rings. The molecule has 35 heavy (non-hydrogen) atoms. The lowest BCUT2D eigenvalue weighted by molar-refractivity contribution is -0.152. The third-order valence-corrected chi connectivity index (χ3v) is 6.20. The smallest absolute Gasteiger partial charge is 0.303 e. The summed E-state index contributed by atoms with van der Waals surface area (Å²) in [7, 11) is 0.